The molecule has 2 aromatic carbocycles. The Morgan fingerprint density at radius 2 is 1.54 bits per heavy atom. The molecular formula is C22H29ClN2O. The van der Waals surface area contributed by atoms with Crippen LogP contribution in [-0.2, 0) is 0 Å². The number of carbonyl (C=O) groups excluding carboxylic acids is 1. The van der Waals surface area contributed by atoms with Crippen molar-refractivity contribution < 1.29 is 4.79 Å². The van der Waals surface area contributed by atoms with E-state index in [1.54, 1.807) is 0 Å². The van der Waals surface area contributed by atoms with Crippen molar-refractivity contribution in [1.82, 2.24) is 10.2 Å². The molecule has 1 saturated carbocycles. The first-order valence-electron chi connectivity index (χ1n) is 9.24. The minimum absolute atomic E-state index is 0. The second-order valence-electron chi connectivity index (χ2n) is 7.21. The first kappa shape index (κ1) is 20.5. The number of amides is 1. The molecule has 1 N–H and O–H groups in total. The zero-order valence-corrected chi connectivity index (χ0v) is 16.4. The summed E-state index contributed by atoms with van der Waals surface area (Å²) in [6.45, 7) is 0. The van der Waals surface area contributed by atoms with E-state index in [-0.39, 0.29) is 24.4 Å². The van der Waals surface area contributed by atoms with Gasteiger partial charge < -0.3 is 10.2 Å². The molecule has 0 spiro atoms. The SMILES string of the molecule is CN(C)C(c1ccccc1)[C@@H]1CCCC[C@H]1NC(=O)c1ccccc1.Cl. The largest absolute Gasteiger partial charge is 0.349 e. The Labute approximate surface area is 163 Å². The molecule has 2 aromatic rings. The maximum atomic E-state index is 12.7. The van der Waals surface area contributed by atoms with E-state index in [0.717, 1.165) is 18.4 Å². The molecule has 1 aliphatic rings. The van der Waals surface area contributed by atoms with Gasteiger partial charge in [0, 0.05) is 17.6 Å². The number of hydrogen-bond acceptors (Lipinski definition) is 2. The molecule has 3 nitrogen and oxygen atoms in total. The molecule has 3 rings (SSSR count). The van der Waals surface area contributed by atoms with Crippen LogP contribution < -0.4 is 5.32 Å². The minimum atomic E-state index is 0. The van der Waals surface area contributed by atoms with Crippen LogP contribution in [0.5, 0.6) is 0 Å². The van der Waals surface area contributed by atoms with Crippen LogP contribution in [0, 0.1) is 5.92 Å². The van der Waals surface area contributed by atoms with Crippen LogP contribution in [0.25, 0.3) is 0 Å². The van der Waals surface area contributed by atoms with E-state index >= 15 is 0 Å². The van der Waals surface area contributed by atoms with Crippen molar-refractivity contribution in [3.8, 4) is 0 Å². The van der Waals surface area contributed by atoms with Crippen LogP contribution >= 0.6 is 12.4 Å². The third-order valence-corrected chi connectivity index (χ3v) is 5.27. The van der Waals surface area contributed by atoms with Crippen molar-refractivity contribution in [1.29, 1.82) is 0 Å². The maximum absolute atomic E-state index is 12.7. The van der Waals surface area contributed by atoms with Gasteiger partial charge in [-0.05, 0) is 50.6 Å². The highest BCUT2D eigenvalue weighted by atomic mass is 35.5. The lowest BCUT2D eigenvalue weighted by Gasteiger charge is -2.40. The topological polar surface area (TPSA) is 32.3 Å². The zero-order valence-electron chi connectivity index (χ0n) is 15.6. The van der Waals surface area contributed by atoms with Crippen molar-refractivity contribution in [3.63, 3.8) is 0 Å². The molecule has 0 bridgehead atoms. The Kier molecular flexibility index (Phi) is 7.67. The lowest BCUT2D eigenvalue weighted by molar-refractivity contribution is 0.0845. The molecule has 1 amide bonds. The monoisotopic (exact) mass is 372 g/mol. The average molecular weight is 373 g/mol. The van der Waals surface area contributed by atoms with E-state index in [2.05, 4.69) is 54.6 Å². The average Bonchev–Trinajstić information content (AvgIpc) is 2.64. The van der Waals surface area contributed by atoms with Gasteiger partial charge >= 0.3 is 0 Å². The summed E-state index contributed by atoms with van der Waals surface area (Å²) in [7, 11) is 4.28. The lowest BCUT2D eigenvalue weighted by Crippen LogP contribution is -2.46. The van der Waals surface area contributed by atoms with Crippen LogP contribution in [-0.4, -0.2) is 30.9 Å². The molecule has 0 aliphatic heterocycles. The van der Waals surface area contributed by atoms with Gasteiger partial charge in [0.05, 0.1) is 0 Å². The van der Waals surface area contributed by atoms with E-state index < -0.39 is 0 Å². The maximum Gasteiger partial charge on any atom is 0.251 e. The van der Waals surface area contributed by atoms with E-state index in [1.165, 1.54) is 18.4 Å². The van der Waals surface area contributed by atoms with Gasteiger partial charge in [0.25, 0.3) is 5.91 Å². The van der Waals surface area contributed by atoms with Crippen molar-refractivity contribution in [2.75, 3.05) is 14.1 Å². The molecule has 3 atom stereocenters. The van der Waals surface area contributed by atoms with Crippen molar-refractivity contribution in [2.45, 2.75) is 37.8 Å². The third kappa shape index (κ3) is 4.87. The number of nitrogens with one attached hydrogen (secondary N) is 1. The molecule has 4 heteroatoms. The van der Waals surface area contributed by atoms with Crippen molar-refractivity contribution in [3.05, 3.63) is 71.8 Å². The quantitative estimate of drug-likeness (QED) is 0.825. The van der Waals surface area contributed by atoms with Gasteiger partial charge in [0.2, 0.25) is 0 Å². The van der Waals surface area contributed by atoms with Crippen LogP contribution in [0.15, 0.2) is 60.7 Å². The fourth-order valence-corrected chi connectivity index (χ4v) is 4.14. The van der Waals surface area contributed by atoms with Gasteiger partial charge in [-0.25, -0.2) is 0 Å². The predicted octanol–water partition coefficient (Wildman–Crippen LogP) is 4.70. The van der Waals surface area contributed by atoms with Crippen molar-refractivity contribution >= 4 is 18.3 Å². The summed E-state index contributed by atoms with van der Waals surface area (Å²) in [4.78, 5) is 15.0. The fraction of sp³-hybridized carbons (Fsp3) is 0.409. The highest BCUT2D eigenvalue weighted by Gasteiger charge is 2.34. The number of rotatable bonds is 5. The fourth-order valence-electron chi connectivity index (χ4n) is 4.14. The molecule has 140 valence electrons. The number of carbonyl (C=O) groups is 1. The molecular weight excluding hydrogens is 344 g/mol. The summed E-state index contributed by atoms with van der Waals surface area (Å²) in [6, 6.07) is 20.8. The van der Waals surface area contributed by atoms with E-state index in [1.807, 2.05) is 30.3 Å². The van der Waals surface area contributed by atoms with Crippen LogP contribution in [0.2, 0.25) is 0 Å². The van der Waals surface area contributed by atoms with Gasteiger partial charge in [-0.2, -0.15) is 0 Å². The smallest absolute Gasteiger partial charge is 0.251 e. The second kappa shape index (κ2) is 9.75. The summed E-state index contributed by atoms with van der Waals surface area (Å²) in [5.74, 6) is 0.474. The van der Waals surface area contributed by atoms with Crippen LogP contribution in [0.3, 0.4) is 0 Å². The summed E-state index contributed by atoms with van der Waals surface area (Å²) in [5.41, 5.74) is 2.08. The van der Waals surface area contributed by atoms with Gasteiger partial charge in [-0.1, -0.05) is 61.4 Å². The summed E-state index contributed by atoms with van der Waals surface area (Å²) in [6.07, 6.45) is 4.63. The van der Waals surface area contributed by atoms with Gasteiger partial charge in [0.1, 0.15) is 0 Å². The molecule has 0 heterocycles. The number of hydrogen-bond donors (Lipinski definition) is 1. The summed E-state index contributed by atoms with van der Waals surface area (Å²) in [5, 5.41) is 3.32. The standard InChI is InChI=1S/C22H28N2O.ClH/c1-24(2)21(17-11-5-3-6-12-17)19-15-9-10-16-20(19)23-22(25)18-13-7-4-8-14-18;/h3-8,11-14,19-21H,9-10,15-16H2,1-2H3,(H,23,25);1H/t19-,20-,21?;/m1./s1. The number of halogens is 1. The molecule has 1 unspecified atom stereocenters. The number of benzene rings is 2. The molecule has 26 heavy (non-hydrogen) atoms. The first-order valence-corrected chi connectivity index (χ1v) is 9.24. The van der Waals surface area contributed by atoms with Gasteiger partial charge in [-0.3, -0.25) is 4.79 Å². The first-order chi connectivity index (χ1) is 12.2. The molecule has 0 radical (unpaired) electrons. The molecule has 1 aliphatic carbocycles. The molecule has 1 fully saturated rings. The lowest BCUT2D eigenvalue weighted by atomic mass is 9.77. The highest BCUT2D eigenvalue weighted by molar-refractivity contribution is 5.94. The Bertz CT molecular complexity index is 675. The van der Waals surface area contributed by atoms with E-state index in [0.29, 0.717) is 12.0 Å². The Hall–Kier alpha value is -1.84. The molecule has 0 saturated heterocycles. The minimum Gasteiger partial charge on any atom is -0.349 e. The Balaban J connectivity index is 0.00000243. The van der Waals surface area contributed by atoms with Gasteiger partial charge in [0.15, 0.2) is 0 Å². The predicted molar refractivity (Wildman–Crippen MR) is 110 cm³/mol. The second-order valence-corrected chi connectivity index (χ2v) is 7.21. The van der Waals surface area contributed by atoms with Crippen LogP contribution in [0.1, 0.15) is 47.6 Å². The van der Waals surface area contributed by atoms with Gasteiger partial charge in [-0.15, -0.1) is 12.4 Å². The van der Waals surface area contributed by atoms with Crippen LogP contribution in [0.4, 0.5) is 0 Å². The normalized spacial score (nSPS) is 20.9. The van der Waals surface area contributed by atoms with Crippen molar-refractivity contribution in [2.24, 2.45) is 5.92 Å². The van der Waals surface area contributed by atoms with E-state index in [9.17, 15) is 4.79 Å². The third-order valence-electron chi connectivity index (χ3n) is 5.27. The highest BCUT2D eigenvalue weighted by Crippen LogP contribution is 2.37. The summed E-state index contributed by atoms with van der Waals surface area (Å²) >= 11 is 0. The Morgan fingerprint density at radius 3 is 2.15 bits per heavy atom. The molecule has 0 aromatic heterocycles. The van der Waals surface area contributed by atoms with E-state index in [4.69, 9.17) is 0 Å². The zero-order chi connectivity index (χ0) is 17.6. The number of nitrogens with zero attached hydrogens (tertiary/aromatic N) is 1. The Morgan fingerprint density at radius 1 is 0.962 bits per heavy atom. The summed E-state index contributed by atoms with van der Waals surface area (Å²) < 4.78 is 0.